The van der Waals surface area contributed by atoms with Gasteiger partial charge in [-0.25, -0.2) is 27.3 Å². The normalized spacial score (nSPS) is 15.5. The molecule has 36 heavy (non-hydrogen) atoms. The third-order valence-corrected chi connectivity index (χ3v) is 6.16. The van der Waals surface area contributed by atoms with Crippen LogP contribution in [0.3, 0.4) is 0 Å². The van der Waals surface area contributed by atoms with Crippen molar-refractivity contribution in [2.75, 3.05) is 11.4 Å². The lowest BCUT2D eigenvalue weighted by Gasteiger charge is -2.23. The molecule has 0 spiro atoms. The minimum Gasteiger partial charge on any atom is -0.451 e. The summed E-state index contributed by atoms with van der Waals surface area (Å²) in [6.45, 7) is 2.45. The number of pyridine rings is 1. The molecule has 0 saturated carbocycles. The van der Waals surface area contributed by atoms with Crippen LogP contribution in [-0.2, 0) is 6.54 Å². The SMILES string of the molecule is C[C@H]1CCCN1c1cc(Oc2ccc(-n3ncn(Cc4c(F)cccc4F)c3=O)cc2F)c(F)cn1. The van der Waals surface area contributed by atoms with Crippen molar-refractivity contribution in [2.45, 2.75) is 32.4 Å². The maximum atomic E-state index is 14.9. The highest BCUT2D eigenvalue weighted by molar-refractivity contribution is 5.48. The van der Waals surface area contributed by atoms with Gasteiger partial charge in [0.1, 0.15) is 23.8 Å². The lowest BCUT2D eigenvalue weighted by molar-refractivity contribution is 0.413. The van der Waals surface area contributed by atoms with Crippen molar-refractivity contribution < 1.29 is 22.3 Å². The second kappa shape index (κ2) is 9.48. The topological polar surface area (TPSA) is 65.2 Å². The first-order valence-corrected chi connectivity index (χ1v) is 11.3. The monoisotopic (exact) mass is 499 g/mol. The van der Waals surface area contributed by atoms with Gasteiger partial charge in [-0.3, -0.25) is 4.57 Å². The van der Waals surface area contributed by atoms with E-state index in [1.165, 1.54) is 24.3 Å². The second-order valence-electron chi connectivity index (χ2n) is 8.53. The molecule has 0 N–H and O–H groups in total. The first-order chi connectivity index (χ1) is 17.3. The first kappa shape index (κ1) is 23.6. The number of anilines is 1. The van der Waals surface area contributed by atoms with Crippen LogP contribution >= 0.6 is 0 Å². The van der Waals surface area contributed by atoms with Gasteiger partial charge < -0.3 is 9.64 Å². The molecule has 2 aromatic heterocycles. The molecule has 2 aromatic carbocycles. The van der Waals surface area contributed by atoms with E-state index in [2.05, 4.69) is 10.1 Å². The van der Waals surface area contributed by atoms with Crippen LogP contribution in [0.2, 0.25) is 0 Å². The third kappa shape index (κ3) is 4.43. The van der Waals surface area contributed by atoms with Crippen molar-refractivity contribution in [1.29, 1.82) is 0 Å². The quantitative estimate of drug-likeness (QED) is 0.356. The minimum atomic E-state index is -0.860. The van der Waals surface area contributed by atoms with Crippen molar-refractivity contribution in [1.82, 2.24) is 19.3 Å². The van der Waals surface area contributed by atoms with Crippen LogP contribution in [0, 0.1) is 23.3 Å². The van der Waals surface area contributed by atoms with E-state index in [1.54, 1.807) is 0 Å². The molecule has 5 rings (SSSR count). The Labute approximate surface area is 203 Å². The maximum Gasteiger partial charge on any atom is 0.350 e. The van der Waals surface area contributed by atoms with Gasteiger partial charge in [0, 0.05) is 30.3 Å². The summed E-state index contributed by atoms with van der Waals surface area (Å²) in [6, 6.07) is 8.68. The van der Waals surface area contributed by atoms with Crippen LogP contribution < -0.4 is 15.3 Å². The molecular weight excluding hydrogens is 478 g/mol. The van der Waals surface area contributed by atoms with Gasteiger partial charge in [0.25, 0.3) is 0 Å². The molecule has 1 aliphatic rings. The summed E-state index contributed by atoms with van der Waals surface area (Å²) >= 11 is 0. The summed E-state index contributed by atoms with van der Waals surface area (Å²) < 4.78 is 64.5. The molecule has 0 aliphatic carbocycles. The summed E-state index contributed by atoms with van der Waals surface area (Å²) in [5.41, 5.74) is -0.967. The molecule has 0 bridgehead atoms. The fourth-order valence-corrected chi connectivity index (χ4v) is 4.22. The van der Waals surface area contributed by atoms with Crippen LogP contribution in [0.25, 0.3) is 5.69 Å². The molecule has 1 fully saturated rings. The molecule has 1 saturated heterocycles. The molecule has 11 heteroatoms. The van der Waals surface area contributed by atoms with Gasteiger partial charge in [-0.1, -0.05) is 6.07 Å². The van der Waals surface area contributed by atoms with E-state index in [1.807, 2.05) is 11.8 Å². The van der Waals surface area contributed by atoms with E-state index in [9.17, 15) is 22.4 Å². The largest absolute Gasteiger partial charge is 0.451 e. The van der Waals surface area contributed by atoms with E-state index >= 15 is 0 Å². The smallest absolute Gasteiger partial charge is 0.350 e. The number of nitrogens with zero attached hydrogens (tertiary/aromatic N) is 5. The average Bonchev–Trinajstić information content (AvgIpc) is 3.44. The zero-order valence-electron chi connectivity index (χ0n) is 19.2. The highest BCUT2D eigenvalue weighted by Crippen LogP contribution is 2.32. The van der Waals surface area contributed by atoms with E-state index in [0.717, 1.165) is 59.4 Å². The van der Waals surface area contributed by atoms with Gasteiger partial charge in [-0.05, 0) is 44.0 Å². The number of hydrogen-bond acceptors (Lipinski definition) is 5. The number of rotatable bonds is 6. The molecule has 0 radical (unpaired) electrons. The van der Waals surface area contributed by atoms with Gasteiger partial charge in [-0.2, -0.15) is 9.78 Å². The predicted octanol–water partition coefficient (Wildman–Crippen LogP) is 4.81. The van der Waals surface area contributed by atoms with Crippen LogP contribution in [0.5, 0.6) is 11.5 Å². The van der Waals surface area contributed by atoms with E-state index in [-0.39, 0.29) is 35.3 Å². The summed E-state index contributed by atoms with van der Waals surface area (Å²) in [6.07, 6.45) is 4.13. The predicted molar refractivity (Wildman–Crippen MR) is 124 cm³/mol. The van der Waals surface area contributed by atoms with Gasteiger partial charge in [0.05, 0.1) is 18.4 Å². The molecular formula is C25H21F4N5O2. The fraction of sp³-hybridized carbons (Fsp3) is 0.240. The summed E-state index contributed by atoms with van der Waals surface area (Å²) in [4.78, 5) is 18.9. The van der Waals surface area contributed by atoms with Gasteiger partial charge >= 0.3 is 5.69 Å². The lowest BCUT2D eigenvalue weighted by atomic mass is 10.2. The van der Waals surface area contributed by atoms with E-state index in [4.69, 9.17) is 4.74 Å². The summed E-state index contributed by atoms with van der Waals surface area (Å²) in [5, 5.41) is 3.91. The molecule has 7 nitrogen and oxygen atoms in total. The van der Waals surface area contributed by atoms with Crippen LogP contribution in [0.15, 0.2) is 59.8 Å². The van der Waals surface area contributed by atoms with E-state index in [0.29, 0.717) is 5.82 Å². The zero-order chi connectivity index (χ0) is 25.4. The second-order valence-corrected chi connectivity index (χ2v) is 8.53. The van der Waals surface area contributed by atoms with Crippen LogP contribution in [-0.4, -0.2) is 31.9 Å². The van der Waals surface area contributed by atoms with Crippen molar-refractivity contribution in [3.05, 3.63) is 94.3 Å². The number of aromatic nitrogens is 4. The lowest BCUT2D eigenvalue weighted by Crippen LogP contribution is -2.27. The zero-order valence-corrected chi connectivity index (χ0v) is 19.2. The molecule has 0 amide bonds. The van der Waals surface area contributed by atoms with Crippen molar-refractivity contribution >= 4 is 5.82 Å². The highest BCUT2D eigenvalue weighted by Gasteiger charge is 2.23. The third-order valence-electron chi connectivity index (χ3n) is 6.16. The molecule has 3 heterocycles. The first-order valence-electron chi connectivity index (χ1n) is 11.3. The Balaban J connectivity index is 1.39. The van der Waals surface area contributed by atoms with Gasteiger partial charge in [0.15, 0.2) is 23.1 Å². The number of ether oxygens (including phenoxy) is 1. The average molecular weight is 499 g/mol. The Bertz CT molecular complexity index is 1470. The van der Waals surface area contributed by atoms with Crippen molar-refractivity contribution in [2.24, 2.45) is 0 Å². The highest BCUT2D eigenvalue weighted by atomic mass is 19.1. The Kier molecular flexibility index (Phi) is 6.21. The Hall–Kier alpha value is -4.15. The maximum absolute atomic E-state index is 14.9. The Morgan fingerprint density at radius 2 is 1.78 bits per heavy atom. The molecule has 4 aromatic rings. The molecule has 186 valence electrons. The number of benzene rings is 2. The van der Waals surface area contributed by atoms with Gasteiger partial charge in [-0.15, -0.1) is 0 Å². The fourth-order valence-electron chi connectivity index (χ4n) is 4.22. The van der Waals surface area contributed by atoms with Crippen molar-refractivity contribution in [3.8, 4) is 17.2 Å². The van der Waals surface area contributed by atoms with Crippen molar-refractivity contribution in [3.63, 3.8) is 0 Å². The van der Waals surface area contributed by atoms with Gasteiger partial charge in [0.2, 0.25) is 0 Å². The molecule has 0 unspecified atom stereocenters. The summed E-state index contributed by atoms with van der Waals surface area (Å²) in [7, 11) is 0. The number of halogens is 4. The Morgan fingerprint density at radius 3 is 2.47 bits per heavy atom. The Morgan fingerprint density at radius 1 is 1.00 bits per heavy atom. The van der Waals surface area contributed by atoms with E-state index < -0.39 is 29.0 Å². The number of hydrogen-bond donors (Lipinski definition) is 0. The van der Waals surface area contributed by atoms with Crippen LogP contribution in [0.4, 0.5) is 23.4 Å². The molecule has 1 aliphatic heterocycles. The minimum absolute atomic E-state index is 0.0550. The van der Waals surface area contributed by atoms with Crippen LogP contribution in [0.1, 0.15) is 25.3 Å². The molecule has 1 atom stereocenters. The standard InChI is InChI=1S/C25H21F4N5O2/c1-15-4-3-9-33(15)24-11-23(21(29)12-30-24)36-22-8-7-16(10-20(22)28)34-25(35)32(14-31-34)13-17-18(26)5-2-6-19(17)27/h2,5-8,10-12,14-15H,3-4,9,13H2,1H3/t15-/m0/s1. The summed E-state index contributed by atoms with van der Waals surface area (Å²) in [5.74, 6) is -3.10.